The Kier molecular flexibility index (Phi) is 6.54. The number of carbonyl (C=O) groups excluding carboxylic acids is 1. The van der Waals surface area contributed by atoms with Gasteiger partial charge in [0.15, 0.2) is 0 Å². The minimum absolute atomic E-state index is 0.0761. The van der Waals surface area contributed by atoms with Crippen LogP contribution in [0.3, 0.4) is 0 Å². The number of amides is 1. The van der Waals surface area contributed by atoms with Crippen LogP contribution < -0.4 is 11.1 Å². The van der Waals surface area contributed by atoms with E-state index in [1.165, 1.54) is 0 Å². The van der Waals surface area contributed by atoms with Crippen molar-refractivity contribution in [1.82, 2.24) is 5.32 Å². The predicted molar refractivity (Wildman–Crippen MR) is 60.0 cm³/mol. The van der Waals surface area contributed by atoms with Gasteiger partial charge < -0.3 is 11.1 Å². The van der Waals surface area contributed by atoms with E-state index in [4.69, 9.17) is 5.73 Å². The number of carbonyl (C=O) groups is 1. The van der Waals surface area contributed by atoms with Gasteiger partial charge >= 0.3 is 0 Å². The third kappa shape index (κ3) is 4.09. The van der Waals surface area contributed by atoms with E-state index in [0.29, 0.717) is 13.0 Å². The SMILES string of the molecule is CCC(CC)(CC)CNC(=O)CCN. The summed E-state index contributed by atoms with van der Waals surface area (Å²) in [6.45, 7) is 7.77. The van der Waals surface area contributed by atoms with Crippen molar-refractivity contribution in [2.75, 3.05) is 13.1 Å². The lowest BCUT2D eigenvalue weighted by atomic mass is 9.80. The molecule has 14 heavy (non-hydrogen) atoms. The van der Waals surface area contributed by atoms with Gasteiger partial charge in [0, 0.05) is 19.5 Å². The normalized spacial score (nSPS) is 11.4. The van der Waals surface area contributed by atoms with E-state index < -0.39 is 0 Å². The molecule has 0 saturated heterocycles. The molecule has 0 aliphatic heterocycles. The molecule has 0 rings (SSSR count). The van der Waals surface area contributed by atoms with Crippen LogP contribution in [0.4, 0.5) is 0 Å². The Hall–Kier alpha value is -0.570. The summed E-state index contributed by atoms with van der Waals surface area (Å²) in [6.07, 6.45) is 3.78. The molecule has 0 atom stereocenters. The molecule has 0 unspecified atom stereocenters. The lowest BCUT2D eigenvalue weighted by Crippen LogP contribution is -2.37. The van der Waals surface area contributed by atoms with Crippen LogP contribution in [0.5, 0.6) is 0 Å². The second-order valence-corrected chi connectivity index (χ2v) is 3.88. The molecule has 84 valence electrons. The van der Waals surface area contributed by atoms with Crippen molar-refractivity contribution in [2.45, 2.75) is 46.5 Å². The Morgan fingerprint density at radius 1 is 1.21 bits per heavy atom. The number of nitrogens with one attached hydrogen (secondary N) is 1. The summed E-state index contributed by atoms with van der Waals surface area (Å²) >= 11 is 0. The third-order valence-corrected chi connectivity index (χ3v) is 3.28. The molecular weight excluding hydrogens is 176 g/mol. The number of nitrogens with two attached hydrogens (primary N) is 1. The Morgan fingerprint density at radius 3 is 2.07 bits per heavy atom. The minimum atomic E-state index is 0.0761. The number of hydrogen-bond donors (Lipinski definition) is 2. The molecular formula is C11H24N2O. The van der Waals surface area contributed by atoms with E-state index in [2.05, 4.69) is 26.1 Å². The van der Waals surface area contributed by atoms with Gasteiger partial charge in [-0.1, -0.05) is 20.8 Å². The van der Waals surface area contributed by atoms with Crippen LogP contribution >= 0.6 is 0 Å². The van der Waals surface area contributed by atoms with Crippen molar-refractivity contribution in [3.8, 4) is 0 Å². The zero-order chi connectivity index (χ0) is 11.0. The fourth-order valence-electron chi connectivity index (χ4n) is 1.63. The summed E-state index contributed by atoms with van der Waals surface area (Å²) in [5.74, 6) is 0.0761. The molecule has 0 bridgehead atoms. The summed E-state index contributed by atoms with van der Waals surface area (Å²) in [5.41, 5.74) is 5.59. The average Bonchev–Trinajstić information content (AvgIpc) is 2.21. The largest absolute Gasteiger partial charge is 0.356 e. The Bertz CT molecular complexity index is 156. The summed E-state index contributed by atoms with van der Waals surface area (Å²) in [6, 6.07) is 0. The maximum atomic E-state index is 11.2. The first-order chi connectivity index (χ1) is 6.64. The van der Waals surface area contributed by atoms with Crippen molar-refractivity contribution in [2.24, 2.45) is 11.1 Å². The molecule has 0 heterocycles. The highest BCUT2D eigenvalue weighted by Gasteiger charge is 2.23. The number of rotatable bonds is 7. The highest BCUT2D eigenvalue weighted by atomic mass is 16.1. The monoisotopic (exact) mass is 200 g/mol. The van der Waals surface area contributed by atoms with Crippen LogP contribution in [0.15, 0.2) is 0 Å². The first kappa shape index (κ1) is 13.4. The summed E-state index contributed by atoms with van der Waals surface area (Å²) in [4.78, 5) is 11.2. The van der Waals surface area contributed by atoms with Crippen LogP contribution in [0.1, 0.15) is 46.5 Å². The van der Waals surface area contributed by atoms with Crippen LogP contribution in [-0.2, 0) is 4.79 Å². The van der Waals surface area contributed by atoms with E-state index in [-0.39, 0.29) is 11.3 Å². The summed E-state index contributed by atoms with van der Waals surface area (Å²) < 4.78 is 0. The summed E-state index contributed by atoms with van der Waals surface area (Å²) in [5, 5.41) is 2.96. The molecule has 0 spiro atoms. The topological polar surface area (TPSA) is 55.1 Å². The van der Waals surface area contributed by atoms with Crippen LogP contribution in [-0.4, -0.2) is 19.0 Å². The van der Waals surface area contributed by atoms with Gasteiger partial charge in [-0.3, -0.25) is 4.79 Å². The second-order valence-electron chi connectivity index (χ2n) is 3.88. The van der Waals surface area contributed by atoms with Crippen molar-refractivity contribution in [3.63, 3.8) is 0 Å². The Morgan fingerprint density at radius 2 is 1.71 bits per heavy atom. The lowest BCUT2D eigenvalue weighted by molar-refractivity contribution is -0.121. The molecule has 0 radical (unpaired) electrons. The zero-order valence-corrected chi connectivity index (χ0v) is 9.73. The minimum Gasteiger partial charge on any atom is -0.356 e. The van der Waals surface area contributed by atoms with Gasteiger partial charge in [0.2, 0.25) is 5.91 Å². The van der Waals surface area contributed by atoms with Crippen molar-refractivity contribution >= 4 is 5.91 Å². The lowest BCUT2D eigenvalue weighted by Gasteiger charge is -2.30. The highest BCUT2D eigenvalue weighted by Crippen LogP contribution is 2.29. The highest BCUT2D eigenvalue weighted by molar-refractivity contribution is 5.76. The smallest absolute Gasteiger partial charge is 0.221 e. The molecule has 0 aromatic heterocycles. The molecule has 1 amide bonds. The van der Waals surface area contributed by atoms with E-state index >= 15 is 0 Å². The molecule has 3 N–H and O–H groups in total. The van der Waals surface area contributed by atoms with Gasteiger partial charge in [-0.05, 0) is 24.7 Å². The zero-order valence-electron chi connectivity index (χ0n) is 9.73. The van der Waals surface area contributed by atoms with Crippen LogP contribution in [0.25, 0.3) is 0 Å². The van der Waals surface area contributed by atoms with E-state index in [0.717, 1.165) is 25.8 Å². The van der Waals surface area contributed by atoms with Crippen molar-refractivity contribution < 1.29 is 4.79 Å². The van der Waals surface area contributed by atoms with Gasteiger partial charge in [-0.25, -0.2) is 0 Å². The van der Waals surface area contributed by atoms with E-state index in [1.54, 1.807) is 0 Å². The molecule has 0 aromatic carbocycles. The third-order valence-electron chi connectivity index (χ3n) is 3.28. The van der Waals surface area contributed by atoms with Crippen LogP contribution in [0.2, 0.25) is 0 Å². The van der Waals surface area contributed by atoms with Gasteiger partial charge in [0.25, 0.3) is 0 Å². The predicted octanol–water partition coefficient (Wildman–Crippen LogP) is 1.67. The van der Waals surface area contributed by atoms with Gasteiger partial charge in [-0.15, -0.1) is 0 Å². The standard InChI is InChI=1S/C11H24N2O/c1-4-11(5-2,6-3)9-13-10(14)7-8-12/h4-9,12H2,1-3H3,(H,13,14). The Labute approximate surface area is 87.4 Å². The maximum absolute atomic E-state index is 11.2. The Balaban J connectivity index is 3.99. The van der Waals surface area contributed by atoms with Crippen molar-refractivity contribution in [3.05, 3.63) is 0 Å². The fraction of sp³-hybridized carbons (Fsp3) is 0.909. The van der Waals surface area contributed by atoms with Gasteiger partial charge in [0.05, 0.1) is 0 Å². The molecule has 0 fully saturated rings. The molecule has 3 heteroatoms. The quantitative estimate of drug-likeness (QED) is 0.657. The fourth-order valence-corrected chi connectivity index (χ4v) is 1.63. The van der Waals surface area contributed by atoms with Gasteiger partial charge in [0.1, 0.15) is 0 Å². The molecule has 3 nitrogen and oxygen atoms in total. The molecule has 0 aliphatic carbocycles. The average molecular weight is 200 g/mol. The first-order valence-corrected chi connectivity index (χ1v) is 5.61. The number of hydrogen-bond acceptors (Lipinski definition) is 2. The molecule has 0 aromatic rings. The van der Waals surface area contributed by atoms with E-state index in [1.807, 2.05) is 0 Å². The second kappa shape index (κ2) is 6.82. The molecule has 0 aliphatic rings. The van der Waals surface area contributed by atoms with Crippen molar-refractivity contribution in [1.29, 1.82) is 0 Å². The van der Waals surface area contributed by atoms with E-state index in [9.17, 15) is 4.79 Å². The first-order valence-electron chi connectivity index (χ1n) is 5.61. The van der Waals surface area contributed by atoms with Gasteiger partial charge in [-0.2, -0.15) is 0 Å². The molecule has 0 saturated carbocycles. The summed E-state index contributed by atoms with van der Waals surface area (Å²) in [7, 11) is 0. The van der Waals surface area contributed by atoms with Crippen LogP contribution in [0, 0.1) is 5.41 Å². The maximum Gasteiger partial charge on any atom is 0.221 e.